The fraction of sp³-hybridized carbons (Fsp3) is 0.677. The van der Waals surface area contributed by atoms with Gasteiger partial charge in [0.05, 0.1) is 0 Å². The van der Waals surface area contributed by atoms with E-state index in [2.05, 4.69) is 130 Å². The van der Waals surface area contributed by atoms with Crippen LogP contribution in [0.4, 0.5) is 0 Å². The van der Waals surface area contributed by atoms with Gasteiger partial charge in [0.2, 0.25) is 0 Å². The molecule has 0 unspecified atom stereocenters. The van der Waals surface area contributed by atoms with Crippen molar-refractivity contribution in [2.45, 2.75) is 271 Å². The highest BCUT2D eigenvalue weighted by Crippen LogP contribution is 2.13. The lowest BCUT2D eigenvalue weighted by atomic mass is 10.1. The molecule has 0 aliphatic rings. The summed E-state index contributed by atoms with van der Waals surface area (Å²) >= 11 is 0. The van der Waals surface area contributed by atoms with E-state index in [9.17, 15) is 14.4 Å². The predicted octanol–water partition coefficient (Wildman–Crippen LogP) is 19.9. The average Bonchev–Trinajstić information content (AvgIpc) is 3.37. The van der Waals surface area contributed by atoms with E-state index in [-0.39, 0.29) is 31.1 Å². The molecule has 6 nitrogen and oxygen atoms in total. The van der Waals surface area contributed by atoms with E-state index in [1.54, 1.807) is 0 Å². The normalized spacial score (nSPS) is 12.9. The largest absolute Gasteiger partial charge is 0.462 e. The molecule has 0 amide bonds. The molecule has 404 valence electrons. The van der Waals surface area contributed by atoms with Gasteiger partial charge in [-0.15, -0.1) is 0 Å². The minimum atomic E-state index is -0.810. The van der Waals surface area contributed by atoms with Gasteiger partial charge in [0, 0.05) is 19.3 Å². The van der Waals surface area contributed by atoms with E-state index in [0.717, 1.165) is 122 Å². The molecule has 0 aliphatic heterocycles. The van der Waals surface area contributed by atoms with Crippen LogP contribution in [-0.4, -0.2) is 37.2 Å². The Morgan fingerprint density at radius 2 is 0.507 bits per heavy atom. The summed E-state index contributed by atoms with van der Waals surface area (Å²) < 4.78 is 16.8. The van der Waals surface area contributed by atoms with E-state index in [4.69, 9.17) is 14.2 Å². The van der Waals surface area contributed by atoms with Crippen molar-refractivity contribution in [1.29, 1.82) is 0 Å². The van der Waals surface area contributed by atoms with E-state index in [1.807, 2.05) is 0 Å². The van der Waals surface area contributed by atoms with Gasteiger partial charge in [0.25, 0.3) is 0 Å². The lowest BCUT2D eigenvalue weighted by Crippen LogP contribution is -2.30. The highest BCUT2D eigenvalue weighted by Gasteiger charge is 2.19. The topological polar surface area (TPSA) is 78.9 Å². The van der Waals surface area contributed by atoms with Crippen molar-refractivity contribution in [2.75, 3.05) is 13.2 Å². The molecule has 0 rings (SSSR count). The van der Waals surface area contributed by atoms with Gasteiger partial charge in [-0.25, -0.2) is 0 Å². The summed E-state index contributed by atoms with van der Waals surface area (Å²) in [6.45, 7) is 6.51. The Labute approximate surface area is 438 Å². The molecule has 0 saturated carbocycles. The molecule has 71 heavy (non-hydrogen) atoms. The predicted molar refractivity (Wildman–Crippen MR) is 307 cm³/mol. The number of carbonyl (C=O) groups excluding carboxylic acids is 3. The van der Waals surface area contributed by atoms with Gasteiger partial charge in [-0.2, -0.15) is 0 Å². The monoisotopic (exact) mass is 985 g/mol. The molecule has 0 aromatic rings. The molecule has 0 radical (unpaired) electrons. The molecular formula is C65H108O6. The fourth-order valence-corrected chi connectivity index (χ4v) is 7.76. The van der Waals surface area contributed by atoms with E-state index in [0.29, 0.717) is 19.3 Å². The third kappa shape index (κ3) is 56.9. The maximum Gasteiger partial charge on any atom is 0.306 e. The van der Waals surface area contributed by atoms with Crippen molar-refractivity contribution < 1.29 is 28.6 Å². The second-order valence-electron chi connectivity index (χ2n) is 19.2. The molecule has 0 spiro atoms. The SMILES string of the molecule is CCCCC/C=C\C/C=C\C/C=C\C/C=C\CCCCCC(=O)OC[C@H](COC(=O)CCCCCCCCC/C=C\C/C=C\CCCCC)OC(=O)CCCCCC/C=C\C/C=C\C/C=C\CCCCC. The number of ether oxygens (including phenoxy) is 3. The van der Waals surface area contributed by atoms with Gasteiger partial charge in [0.15, 0.2) is 6.10 Å². The van der Waals surface area contributed by atoms with E-state index >= 15 is 0 Å². The molecule has 0 N–H and O–H groups in total. The van der Waals surface area contributed by atoms with Gasteiger partial charge in [-0.05, 0) is 135 Å². The van der Waals surface area contributed by atoms with Crippen molar-refractivity contribution in [2.24, 2.45) is 0 Å². The smallest absolute Gasteiger partial charge is 0.306 e. The standard InChI is InChI=1S/C65H108O6/c1-4-7-10-13-16-19-22-25-28-31-32-35-37-40-43-46-49-52-55-58-64(67)70-61-62(71-65(68)59-56-53-50-47-44-41-38-34-30-27-24-21-18-15-12-9-6-3)60-69-63(66)57-54-51-48-45-42-39-36-33-29-26-23-20-17-14-11-8-5-2/h16-21,25-30,32,35,38,40-41,43,62H,4-15,22-24,31,33-34,36-37,39,42,44-61H2,1-3H3/b19-16-,20-17-,21-18-,28-25-,29-26-,30-27-,35-32-,41-38-,43-40-/t62-/m0/s1. The zero-order valence-electron chi connectivity index (χ0n) is 46.2. The van der Waals surface area contributed by atoms with Crippen molar-refractivity contribution in [1.82, 2.24) is 0 Å². The molecule has 0 aliphatic carbocycles. The zero-order chi connectivity index (χ0) is 51.4. The highest BCUT2D eigenvalue weighted by atomic mass is 16.6. The molecule has 1 atom stereocenters. The van der Waals surface area contributed by atoms with Crippen LogP contribution in [-0.2, 0) is 28.6 Å². The quantitative estimate of drug-likeness (QED) is 0.0261. The van der Waals surface area contributed by atoms with Crippen LogP contribution < -0.4 is 0 Å². The van der Waals surface area contributed by atoms with Crippen LogP contribution in [0.5, 0.6) is 0 Å². The maximum absolute atomic E-state index is 12.9. The lowest BCUT2D eigenvalue weighted by molar-refractivity contribution is -0.167. The summed E-state index contributed by atoms with van der Waals surface area (Å²) in [5.41, 5.74) is 0. The molecule has 6 heteroatoms. The van der Waals surface area contributed by atoms with Gasteiger partial charge >= 0.3 is 17.9 Å². The van der Waals surface area contributed by atoms with Crippen molar-refractivity contribution >= 4 is 17.9 Å². The first kappa shape index (κ1) is 67.1. The number of unbranched alkanes of at least 4 members (excludes halogenated alkanes) is 23. The average molecular weight is 986 g/mol. The summed E-state index contributed by atoms with van der Waals surface area (Å²) in [5.74, 6) is -0.963. The summed E-state index contributed by atoms with van der Waals surface area (Å²) in [7, 11) is 0. The second kappa shape index (κ2) is 58.6. The minimum Gasteiger partial charge on any atom is -0.462 e. The Hall–Kier alpha value is -3.93. The van der Waals surface area contributed by atoms with E-state index in [1.165, 1.54) is 103 Å². The first-order valence-electron chi connectivity index (χ1n) is 29.4. The Bertz CT molecular complexity index is 1460. The molecule has 0 fully saturated rings. The number of rotatable bonds is 52. The van der Waals surface area contributed by atoms with Crippen LogP contribution in [0.3, 0.4) is 0 Å². The summed E-state index contributed by atoms with van der Waals surface area (Å²) in [4.78, 5) is 38.2. The molecule has 0 aromatic heterocycles. The van der Waals surface area contributed by atoms with Crippen molar-refractivity contribution in [3.05, 3.63) is 109 Å². The van der Waals surface area contributed by atoms with Gasteiger partial charge in [0.1, 0.15) is 13.2 Å². The third-order valence-electron chi connectivity index (χ3n) is 12.2. The molecular weight excluding hydrogens is 877 g/mol. The van der Waals surface area contributed by atoms with Crippen LogP contribution >= 0.6 is 0 Å². The number of esters is 3. The first-order chi connectivity index (χ1) is 35.0. The number of hydrogen-bond acceptors (Lipinski definition) is 6. The molecule has 0 aromatic carbocycles. The molecule has 0 heterocycles. The Morgan fingerprint density at radius 3 is 0.803 bits per heavy atom. The number of hydrogen-bond donors (Lipinski definition) is 0. The van der Waals surface area contributed by atoms with Crippen molar-refractivity contribution in [3.63, 3.8) is 0 Å². The van der Waals surface area contributed by atoms with Crippen molar-refractivity contribution in [3.8, 4) is 0 Å². The molecule has 0 bridgehead atoms. The summed E-state index contributed by atoms with van der Waals surface area (Å²) in [6, 6.07) is 0. The van der Waals surface area contributed by atoms with Crippen LogP contribution in [0.15, 0.2) is 109 Å². The Kier molecular flexibility index (Phi) is 55.4. The van der Waals surface area contributed by atoms with Crippen LogP contribution in [0.1, 0.15) is 265 Å². The highest BCUT2D eigenvalue weighted by molar-refractivity contribution is 5.71. The molecule has 0 saturated heterocycles. The number of allylic oxidation sites excluding steroid dienone is 18. The summed E-state index contributed by atoms with van der Waals surface area (Å²) in [6.07, 6.45) is 79.2. The Balaban J connectivity index is 4.51. The van der Waals surface area contributed by atoms with Gasteiger partial charge in [-0.1, -0.05) is 220 Å². The second-order valence-corrected chi connectivity index (χ2v) is 19.2. The van der Waals surface area contributed by atoms with Crippen LogP contribution in [0, 0.1) is 0 Å². The number of carbonyl (C=O) groups is 3. The third-order valence-corrected chi connectivity index (χ3v) is 12.2. The lowest BCUT2D eigenvalue weighted by Gasteiger charge is -2.18. The van der Waals surface area contributed by atoms with E-state index < -0.39 is 6.10 Å². The fourth-order valence-electron chi connectivity index (χ4n) is 7.76. The van der Waals surface area contributed by atoms with Crippen LogP contribution in [0.2, 0.25) is 0 Å². The van der Waals surface area contributed by atoms with Crippen LogP contribution in [0.25, 0.3) is 0 Å². The minimum absolute atomic E-state index is 0.103. The first-order valence-corrected chi connectivity index (χ1v) is 29.4. The summed E-state index contributed by atoms with van der Waals surface area (Å²) in [5, 5.41) is 0. The van der Waals surface area contributed by atoms with Gasteiger partial charge in [-0.3, -0.25) is 14.4 Å². The zero-order valence-corrected chi connectivity index (χ0v) is 46.2. The maximum atomic E-state index is 12.9. The van der Waals surface area contributed by atoms with Gasteiger partial charge < -0.3 is 14.2 Å². The Morgan fingerprint density at radius 1 is 0.282 bits per heavy atom.